The van der Waals surface area contributed by atoms with E-state index in [4.69, 9.17) is 4.98 Å². The van der Waals surface area contributed by atoms with Gasteiger partial charge in [-0.25, -0.2) is 4.98 Å². The third-order valence-electron chi connectivity index (χ3n) is 4.61. The van der Waals surface area contributed by atoms with Gasteiger partial charge in [0, 0.05) is 0 Å². The van der Waals surface area contributed by atoms with E-state index in [1.165, 1.54) is 10.8 Å². The first kappa shape index (κ1) is 16.5. The normalized spacial score (nSPS) is 11.5. The van der Waals surface area contributed by atoms with Crippen LogP contribution < -0.4 is 5.56 Å². The smallest absolute Gasteiger partial charge is 0.261 e. The molecule has 0 spiro atoms. The molecule has 26 heavy (non-hydrogen) atoms. The van der Waals surface area contributed by atoms with Gasteiger partial charge in [-0.15, -0.1) is 0 Å². The molecule has 4 aromatic rings. The average Bonchev–Trinajstić information content (AvgIpc) is 2.64. The zero-order chi connectivity index (χ0) is 18.1. The number of para-hydroxylation sites is 1. The van der Waals surface area contributed by atoms with Gasteiger partial charge in [0.1, 0.15) is 5.82 Å². The second kappa shape index (κ2) is 6.73. The predicted octanol–water partition coefficient (Wildman–Crippen LogP) is 3.66. The molecule has 130 valence electrons. The average molecular weight is 343 g/mol. The lowest BCUT2D eigenvalue weighted by Gasteiger charge is -2.17. The number of nitrogens with zero attached hydrogens (tertiary/aromatic N) is 3. The molecule has 0 aliphatic rings. The zero-order valence-electron chi connectivity index (χ0n) is 15.0. The topological polar surface area (TPSA) is 38.1 Å². The Morgan fingerprint density at radius 3 is 2.38 bits per heavy atom. The molecule has 0 bridgehead atoms. The van der Waals surface area contributed by atoms with E-state index in [0.29, 0.717) is 18.5 Å². The number of rotatable bonds is 4. The Morgan fingerprint density at radius 2 is 1.58 bits per heavy atom. The largest absolute Gasteiger partial charge is 0.302 e. The molecule has 0 saturated heterocycles. The Labute approximate surface area is 152 Å². The number of benzene rings is 3. The van der Waals surface area contributed by atoms with E-state index >= 15 is 0 Å². The maximum Gasteiger partial charge on any atom is 0.261 e. The van der Waals surface area contributed by atoms with Crippen LogP contribution in [0.25, 0.3) is 21.7 Å². The van der Waals surface area contributed by atoms with E-state index < -0.39 is 0 Å². The minimum Gasteiger partial charge on any atom is -0.302 e. The molecule has 0 N–H and O–H groups in total. The van der Waals surface area contributed by atoms with Crippen LogP contribution in [0.3, 0.4) is 0 Å². The summed E-state index contributed by atoms with van der Waals surface area (Å²) in [5.41, 5.74) is 1.89. The molecule has 0 aliphatic carbocycles. The summed E-state index contributed by atoms with van der Waals surface area (Å²) in [4.78, 5) is 20.0. The zero-order valence-corrected chi connectivity index (χ0v) is 15.0. The Bertz CT molecular complexity index is 1140. The van der Waals surface area contributed by atoms with Crippen LogP contribution >= 0.6 is 0 Å². The lowest BCUT2D eigenvalue weighted by Crippen LogP contribution is -2.28. The number of hydrogen-bond acceptors (Lipinski definition) is 3. The quantitative estimate of drug-likeness (QED) is 0.567. The van der Waals surface area contributed by atoms with Gasteiger partial charge in [-0.3, -0.25) is 9.36 Å². The van der Waals surface area contributed by atoms with E-state index in [1.807, 2.05) is 66.0 Å². The summed E-state index contributed by atoms with van der Waals surface area (Å²) in [5, 5.41) is 3.02. The lowest BCUT2D eigenvalue weighted by molar-refractivity contribution is 0.379. The van der Waals surface area contributed by atoms with E-state index in [0.717, 1.165) is 16.9 Å². The molecule has 4 heteroatoms. The highest BCUT2D eigenvalue weighted by Gasteiger charge is 2.13. The summed E-state index contributed by atoms with van der Waals surface area (Å²) >= 11 is 0. The molecular weight excluding hydrogens is 322 g/mol. The van der Waals surface area contributed by atoms with Crippen LogP contribution in [0.15, 0.2) is 71.5 Å². The van der Waals surface area contributed by atoms with Crippen molar-refractivity contribution in [2.24, 2.45) is 0 Å². The summed E-state index contributed by atoms with van der Waals surface area (Å²) < 4.78 is 1.81. The van der Waals surface area contributed by atoms with Crippen LogP contribution in [-0.2, 0) is 13.1 Å². The Morgan fingerprint density at radius 1 is 0.885 bits per heavy atom. The fourth-order valence-corrected chi connectivity index (χ4v) is 3.38. The van der Waals surface area contributed by atoms with Gasteiger partial charge in [-0.2, -0.15) is 0 Å². The van der Waals surface area contributed by atoms with Crippen molar-refractivity contribution in [2.75, 3.05) is 14.1 Å². The second-order valence-electron chi connectivity index (χ2n) is 6.81. The Kier molecular flexibility index (Phi) is 4.27. The molecule has 0 atom stereocenters. The van der Waals surface area contributed by atoms with E-state index in [-0.39, 0.29) is 5.56 Å². The molecule has 3 aromatic carbocycles. The van der Waals surface area contributed by atoms with Gasteiger partial charge in [0.05, 0.1) is 24.0 Å². The molecular formula is C22H21N3O. The molecule has 0 aliphatic heterocycles. The predicted molar refractivity (Wildman–Crippen MR) is 106 cm³/mol. The highest BCUT2D eigenvalue weighted by atomic mass is 16.1. The first-order chi connectivity index (χ1) is 12.6. The third-order valence-corrected chi connectivity index (χ3v) is 4.61. The van der Waals surface area contributed by atoms with Crippen LogP contribution in [0.5, 0.6) is 0 Å². The van der Waals surface area contributed by atoms with Crippen LogP contribution in [0, 0.1) is 0 Å². The number of aromatic nitrogens is 2. The van der Waals surface area contributed by atoms with Gasteiger partial charge in [0.25, 0.3) is 5.56 Å². The molecule has 0 unspecified atom stereocenters. The molecule has 0 saturated carbocycles. The first-order valence-corrected chi connectivity index (χ1v) is 8.73. The molecule has 4 nitrogen and oxygen atoms in total. The highest BCUT2D eigenvalue weighted by molar-refractivity contribution is 5.85. The maximum absolute atomic E-state index is 13.2. The van der Waals surface area contributed by atoms with Gasteiger partial charge < -0.3 is 4.90 Å². The van der Waals surface area contributed by atoms with Crippen LogP contribution in [0.4, 0.5) is 0 Å². The summed E-state index contributed by atoms with van der Waals surface area (Å²) in [6.07, 6.45) is 0. The van der Waals surface area contributed by atoms with E-state index in [9.17, 15) is 4.79 Å². The van der Waals surface area contributed by atoms with Crippen molar-refractivity contribution < 1.29 is 0 Å². The highest BCUT2D eigenvalue weighted by Crippen LogP contribution is 2.20. The maximum atomic E-state index is 13.2. The van der Waals surface area contributed by atoms with Gasteiger partial charge in [0.2, 0.25) is 0 Å². The molecule has 0 amide bonds. The minimum atomic E-state index is 0.0142. The van der Waals surface area contributed by atoms with Crippen molar-refractivity contribution in [1.82, 2.24) is 14.5 Å². The van der Waals surface area contributed by atoms with Gasteiger partial charge >= 0.3 is 0 Å². The fourth-order valence-electron chi connectivity index (χ4n) is 3.38. The number of hydrogen-bond donors (Lipinski definition) is 0. The third kappa shape index (κ3) is 3.00. The summed E-state index contributed by atoms with van der Waals surface area (Å²) in [6, 6.07) is 22.1. The van der Waals surface area contributed by atoms with Crippen LogP contribution in [0.1, 0.15) is 11.4 Å². The molecule has 0 fully saturated rings. The standard InChI is InChI=1S/C22H21N3O/c1-24(2)15-21-23-20-13-6-5-12-19(20)22(26)25(21)14-17-10-7-9-16-8-3-4-11-18(16)17/h3-13H,14-15H2,1-2H3. The summed E-state index contributed by atoms with van der Waals surface area (Å²) in [7, 11) is 3.98. The van der Waals surface area contributed by atoms with Crippen molar-refractivity contribution in [2.45, 2.75) is 13.1 Å². The second-order valence-corrected chi connectivity index (χ2v) is 6.81. The SMILES string of the molecule is CN(C)Cc1nc2ccccc2c(=O)n1Cc1cccc2ccccc12. The van der Waals surface area contributed by atoms with Crippen molar-refractivity contribution in [3.63, 3.8) is 0 Å². The number of fused-ring (bicyclic) bond motifs is 2. The summed E-state index contributed by atoms with van der Waals surface area (Å²) in [5.74, 6) is 0.784. The van der Waals surface area contributed by atoms with Gasteiger partial charge in [-0.1, -0.05) is 54.6 Å². The van der Waals surface area contributed by atoms with Crippen molar-refractivity contribution in [3.05, 3.63) is 88.5 Å². The van der Waals surface area contributed by atoms with Crippen molar-refractivity contribution >= 4 is 21.7 Å². The minimum absolute atomic E-state index is 0.0142. The molecule has 1 heterocycles. The first-order valence-electron chi connectivity index (χ1n) is 8.73. The van der Waals surface area contributed by atoms with Crippen molar-refractivity contribution in [3.8, 4) is 0 Å². The summed E-state index contributed by atoms with van der Waals surface area (Å²) in [6.45, 7) is 1.13. The molecule has 1 aromatic heterocycles. The lowest BCUT2D eigenvalue weighted by atomic mass is 10.0. The molecule has 0 radical (unpaired) electrons. The Hall–Kier alpha value is -2.98. The Balaban J connectivity index is 1.92. The van der Waals surface area contributed by atoms with E-state index in [2.05, 4.69) is 24.3 Å². The van der Waals surface area contributed by atoms with Gasteiger partial charge in [-0.05, 0) is 42.6 Å². The van der Waals surface area contributed by atoms with Crippen LogP contribution in [-0.4, -0.2) is 28.5 Å². The van der Waals surface area contributed by atoms with Gasteiger partial charge in [0.15, 0.2) is 0 Å². The fraction of sp³-hybridized carbons (Fsp3) is 0.182. The van der Waals surface area contributed by atoms with Crippen LogP contribution in [0.2, 0.25) is 0 Å². The van der Waals surface area contributed by atoms with E-state index in [1.54, 1.807) is 0 Å². The molecule has 4 rings (SSSR count). The van der Waals surface area contributed by atoms with Crippen molar-refractivity contribution in [1.29, 1.82) is 0 Å². The monoisotopic (exact) mass is 343 g/mol.